The highest BCUT2D eigenvalue weighted by Gasteiger charge is 2.21. The summed E-state index contributed by atoms with van der Waals surface area (Å²) in [6, 6.07) is 13.7. The topological polar surface area (TPSA) is 69.7 Å². The summed E-state index contributed by atoms with van der Waals surface area (Å²) in [7, 11) is -3.58. The van der Waals surface area contributed by atoms with E-state index in [0.29, 0.717) is 12.2 Å². The number of carbonyl (C=O) groups excluding carboxylic acids is 1. The molecule has 3 rings (SSSR count). The van der Waals surface area contributed by atoms with Gasteiger partial charge < -0.3 is 5.32 Å². The van der Waals surface area contributed by atoms with Gasteiger partial charge in [-0.3, -0.25) is 14.0 Å². The van der Waals surface area contributed by atoms with Crippen LogP contribution in [-0.4, -0.2) is 45.1 Å². The molecule has 1 aliphatic heterocycles. The van der Waals surface area contributed by atoms with Crippen molar-refractivity contribution in [2.45, 2.75) is 46.2 Å². The van der Waals surface area contributed by atoms with E-state index in [0.717, 1.165) is 46.9 Å². The molecule has 31 heavy (non-hydrogen) atoms. The first kappa shape index (κ1) is 23.3. The van der Waals surface area contributed by atoms with E-state index in [1.165, 1.54) is 24.8 Å². The lowest BCUT2D eigenvalue weighted by Crippen LogP contribution is -2.40. The number of rotatable bonds is 8. The molecule has 0 spiro atoms. The van der Waals surface area contributed by atoms with Crippen LogP contribution >= 0.6 is 0 Å². The largest absolute Gasteiger partial charge is 0.350 e. The van der Waals surface area contributed by atoms with Crippen LogP contribution in [-0.2, 0) is 27.9 Å². The minimum atomic E-state index is -3.58. The van der Waals surface area contributed by atoms with Crippen molar-refractivity contribution in [3.05, 3.63) is 64.7 Å². The van der Waals surface area contributed by atoms with Gasteiger partial charge in [-0.25, -0.2) is 8.42 Å². The van der Waals surface area contributed by atoms with Crippen LogP contribution in [0.15, 0.2) is 42.5 Å². The fourth-order valence-electron chi connectivity index (χ4n) is 3.81. The van der Waals surface area contributed by atoms with Crippen molar-refractivity contribution in [2.75, 3.05) is 30.2 Å². The molecule has 0 radical (unpaired) electrons. The molecule has 1 N–H and O–H groups in total. The first-order chi connectivity index (χ1) is 14.7. The molecular weight excluding hydrogens is 410 g/mol. The van der Waals surface area contributed by atoms with Gasteiger partial charge in [0.2, 0.25) is 15.9 Å². The Bertz CT molecular complexity index is 997. The van der Waals surface area contributed by atoms with Gasteiger partial charge in [0.15, 0.2) is 0 Å². The van der Waals surface area contributed by atoms with E-state index < -0.39 is 10.0 Å². The lowest BCUT2D eigenvalue weighted by atomic mass is 10.1. The molecule has 1 aliphatic rings. The summed E-state index contributed by atoms with van der Waals surface area (Å²) in [4.78, 5) is 15.0. The van der Waals surface area contributed by atoms with Crippen molar-refractivity contribution < 1.29 is 13.2 Å². The van der Waals surface area contributed by atoms with E-state index in [-0.39, 0.29) is 12.5 Å². The quantitative estimate of drug-likeness (QED) is 0.679. The molecular formula is C24H33N3O3S. The van der Waals surface area contributed by atoms with Crippen LogP contribution in [0.2, 0.25) is 0 Å². The zero-order valence-electron chi connectivity index (χ0n) is 18.7. The Morgan fingerprint density at radius 1 is 0.968 bits per heavy atom. The average molecular weight is 444 g/mol. The number of sulfonamides is 1. The highest BCUT2D eigenvalue weighted by Crippen LogP contribution is 2.21. The summed E-state index contributed by atoms with van der Waals surface area (Å²) in [5.74, 6) is -0.332. The third-order valence-electron chi connectivity index (χ3n) is 5.83. The number of piperidine rings is 1. The lowest BCUT2D eigenvalue weighted by Gasteiger charge is -2.26. The van der Waals surface area contributed by atoms with Crippen LogP contribution in [0.4, 0.5) is 5.69 Å². The minimum Gasteiger partial charge on any atom is -0.350 e. The van der Waals surface area contributed by atoms with Crippen molar-refractivity contribution in [2.24, 2.45) is 0 Å². The van der Waals surface area contributed by atoms with Gasteiger partial charge in [0.1, 0.15) is 6.54 Å². The zero-order valence-corrected chi connectivity index (χ0v) is 19.5. The van der Waals surface area contributed by atoms with Gasteiger partial charge in [-0.05, 0) is 74.2 Å². The Morgan fingerprint density at radius 2 is 1.61 bits per heavy atom. The van der Waals surface area contributed by atoms with Crippen LogP contribution in [0.25, 0.3) is 0 Å². The van der Waals surface area contributed by atoms with Crippen LogP contribution in [0.1, 0.15) is 41.5 Å². The summed E-state index contributed by atoms with van der Waals surface area (Å²) < 4.78 is 25.7. The highest BCUT2D eigenvalue weighted by atomic mass is 32.2. The van der Waals surface area contributed by atoms with Gasteiger partial charge in [0.25, 0.3) is 0 Å². The number of nitrogens with one attached hydrogen (secondary N) is 1. The lowest BCUT2D eigenvalue weighted by molar-refractivity contribution is -0.119. The predicted octanol–water partition coefficient (Wildman–Crippen LogP) is 3.37. The van der Waals surface area contributed by atoms with Gasteiger partial charge >= 0.3 is 0 Å². The molecule has 7 heteroatoms. The standard InChI is InChI=1S/C24H33N3O3S/c1-19-7-12-23(15-20(19)2)27(31(3,29)30)18-24(28)25-16-21-8-10-22(11-9-21)17-26-13-5-4-6-14-26/h7-12,15H,4-6,13-14,16-18H2,1-3H3,(H,25,28). The molecule has 168 valence electrons. The van der Waals surface area contributed by atoms with Crippen molar-refractivity contribution in [3.63, 3.8) is 0 Å². The van der Waals surface area contributed by atoms with Crippen molar-refractivity contribution in [1.29, 1.82) is 0 Å². The van der Waals surface area contributed by atoms with E-state index in [1.54, 1.807) is 12.1 Å². The van der Waals surface area contributed by atoms with Crippen molar-refractivity contribution >= 4 is 21.6 Å². The van der Waals surface area contributed by atoms with Crippen LogP contribution in [0, 0.1) is 13.8 Å². The van der Waals surface area contributed by atoms with Crippen LogP contribution in [0.5, 0.6) is 0 Å². The molecule has 1 fully saturated rings. The second-order valence-electron chi connectivity index (χ2n) is 8.47. The first-order valence-electron chi connectivity index (χ1n) is 10.8. The second kappa shape index (κ2) is 10.3. The van der Waals surface area contributed by atoms with Gasteiger partial charge in [-0.15, -0.1) is 0 Å². The smallest absolute Gasteiger partial charge is 0.241 e. The third-order valence-corrected chi connectivity index (χ3v) is 6.97. The molecule has 1 saturated heterocycles. The number of carbonyl (C=O) groups is 1. The Labute approximate surface area is 186 Å². The summed E-state index contributed by atoms with van der Waals surface area (Å²) in [5.41, 5.74) is 4.83. The zero-order chi connectivity index (χ0) is 22.4. The Kier molecular flexibility index (Phi) is 7.73. The third kappa shape index (κ3) is 6.80. The maximum Gasteiger partial charge on any atom is 0.241 e. The van der Waals surface area contributed by atoms with Gasteiger partial charge in [0, 0.05) is 13.1 Å². The van der Waals surface area contributed by atoms with E-state index >= 15 is 0 Å². The average Bonchev–Trinajstić information content (AvgIpc) is 2.73. The molecule has 0 atom stereocenters. The van der Waals surface area contributed by atoms with E-state index in [9.17, 15) is 13.2 Å². The monoisotopic (exact) mass is 443 g/mol. The second-order valence-corrected chi connectivity index (χ2v) is 10.4. The SMILES string of the molecule is Cc1ccc(N(CC(=O)NCc2ccc(CN3CCCCC3)cc2)S(C)(=O)=O)cc1C. The summed E-state index contributed by atoms with van der Waals surface area (Å²) in [6.45, 7) is 7.31. The number of anilines is 1. The molecule has 2 aromatic rings. The highest BCUT2D eigenvalue weighted by molar-refractivity contribution is 7.92. The summed E-state index contributed by atoms with van der Waals surface area (Å²) >= 11 is 0. The molecule has 2 aromatic carbocycles. The maximum atomic E-state index is 12.5. The number of aryl methyl sites for hydroxylation is 2. The molecule has 0 bridgehead atoms. The molecule has 1 heterocycles. The van der Waals surface area contributed by atoms with E-state index in [2.05, 4.69) is 22.3 Å². The Balaban J connectivity index is 1.56. The number of nitrogens with zero attached hydrogens (tertiary/aromatic N) is 2. The molecule has 0 aromatic heterocycles. The molecule has 0 unspecified atom stereocenters. The Hall–Kier alpha value is -2.38. The van der Waals surface area contributed by atoms with Gasteiger partial charge in [-0.2, -0.15) is 0 Å². The number of amides is 1. The number of hydrogen-bond donors (Lipinski definition) is 1. The normalized spacial score (nSPS) is 14.9. The molecule has 6 nitrogen and oxygen atoms in total. The number of likely N-dealkylation sites (tertiary alicyclic amines) is 1. The van der Waals surface area contributed by atoms with Crippen LogP contribution in [0.3, 0.4) is 0 Å². The molecule has 1 amide bonds. The number of benzene rings is 2. The molecule has 0 aliphatic carbocycles. The maximum absolute atomic E-state index is 12.5. The van der Waals surface area contributed by atoms with Gasteiger partial charge in [-0.1, -0.05) is 36.8 Å². The Morgan fingerprint density at radius 3 is 2.23 bits per heavy atom. The molecule has 0 saturated carbocycles. The van der Waals surface area contributed by atoms with Crippen LogP contribution < -0.4 is 9.62 Å². The van der Waals surface area contributed by atoms with Crippen molar-refractivity contribution in [3.8, 4) is 0 Å². The minimum absolute atomic E-state index is 0.242. The van der Waals surface area contributed by atoms with Crippen molar-refractivity contribution in [1.82, 2.24) is 10.2 Å². The fourth-order valence-corrected chi connectivity index (χ4v) is 4.65. The fraction of sp³-hybridized carbons (Fsp3) is 0.458. The van der Waals surface area contributed by atoms with E-state index in [1.807, 2.05) is 32.0 Å². The van der Waals surface area contributed by atoms with Gasteiger partial charge in [0.05, 0.1) is 11.9 Å². The number of hydrogen-bond acceptors (Lipinski definition) is 4. The van der Waals surface area contributed by atoms with E-state index in [4.69, 9.17) is 0 Å². The first-order valence-corrected chi connectivity index (χ1v) is 12.7. The summed E-state index contributed by atoms with van der Waals surface area (Å²) in [5, 5.41) is 2.84. The predicted molar refractivity (Wildman–Crippen MR) is 126 cm³/mol. The summed E-state index contributed by atoms with van der Waals surface area (Å²) in [6.07, 6.45) is 5.00.